The predicted octanol–water partition coefficient (Wildman–Crippen LogP) is 3.94. The molecule has 0 saturated heterocycles. The number of anilines is 2. The van der Waals surface area contributed by atoms with Crippen LogP contribution in [0.1, 0.15) is 37.7 Å². The molecular weight excluding hydrogens is 312 g/mol. The van der Waals surface area contributed by atoms with Crippen molar-refractivity contribution in [2.75, 3.05) is 17.2 Å². The number of nitrogens with one attached hydrogen (secondary N) is 2. The third-order valence-corrected chi connectivity index (χ3v) is 4.79. The average Bonchev–Trinajstić information content (AvgIpc) is 2.78. The lowest BCUT2D eigenvalue weighted by Gasteiger charge is -2.13. The standard InChI is InChI=1S/C20H22N4O/c25-18-12-15-13-22-20(21-11-10-14-6-2-1-3-7-14)24-19(15)16-8-4-5-9-17(16)23-18/h4-6,8-9,13H,1-3,7,10-12H2,(H,23,25)(H,21,22,24). The Hall–Kier alpha value is -2.69. The van der Waals surface area contributed by atoms with Gasteiger partial charge in [0.2, 0.25) is 11.9 Å². The third-order valence-electron chi connectivity index (χ3n) is 4.79. The fraction of sp³-hybridized carbons (Fsp3) is 0.350. The SMILES string of the molecule is O=C1Cc2cnc(NCCC3=CCCCC3)nc2-c2ccccc2N1. The Morgan fingerprint density at radius 3 is 3.00 bits per heavy atom. The second kappa shape index (κ2) is 7.05. The molecule has 2 heterocycles. The van der Waals surface area contributed by atoms with Gasteiger partial charge in [-0.15, -0.1) is 0 Å². The van der Waals surface area contributed by atoms with Gasteiger partial charge in [0.15, 0.2) is 0 Å². The largest absolute Gasteiger partial charge is 0.354 e. The minimum Gasteiger partial charge on any atom is -0.354 e. The summed E-state index contributed by atoms with van der Waals surface area (Å²) in [6.07, 6.45) is 10.5. The molecule has 1 aromatic heterocycles. The van der Waals surface area contributed by atoms with E-state index in [4.69, 9.17) is 4.98 Å². The normalized spacial score (nSPS) is 16.2. The van der Waals surface area contributed by atoms with E-state index in [0.717, 1.165) is 35.5 Å². The van der Waals surface area contributed by atoms with Crippen LogP contribution in [0.25, 0.3) is 11.3 Å². The smallest absolute Gasteiger partial charge is 0.228 e. The number of benzene rings is 1. The zero-order valence-corrected chi connectivity index (χ0v) is 14.2. The maximum Gasteiger partial charge on any atom is 0.228 e. The van der Waals surface area contributed by atoms with Crippen LogP contribution in [0.15, 0.2) is 42.1 Å². The lowest BCUT2D eigenvalue weighted by Crippen LogP contribution is -2.13. The summed E-state index contributed by atoms with van der Waals surface area (Å²) in [5.74, 6) is 0.596. The third kappa shape index (κ3) is 3.55. The fourth-order valence-corrected chi connectivity index (χ4v) is 3.49. The Labute approximate surface area is 147 Å². The van der Waals surface area contributed by atoms with Crippen molar-refractivity contribution in [3.8, 4) is 11.3 Å². The number of para-hydroxylation sites is 1. The minimum atomic E-state index is -0.0280. The fourth-order valence-electron chi connectivity index (χ4n) is 3.49. The number of hydrogen-bond donors (Lipinski definition) is 2. The monoisotopic (exact) mass is 334 g/mol. The number of aromatic nitrogens is 2. The quantitative estimate of drug-likeness (QED) is 0.831. The number of amides is 1. The van der Waals surface area contributed by atoms with Gasteiger partial charge < -0.3 is 10.6 Å². The average molecular weight is 334 g/mol. The molecule has 0 radical (unpaired) electrons. The molecule has 5 nitrogen and oxygen atoms in total. The van der Waals surface area contributed by atoms with E-state index in [-0.39, 0.29) is 5.91 Å². The Morgan fingerprint density at radius 1 is 1.20 bits per heavy atom. The molecule has 2 aromatic rings. The van der Waals surface area contributed by atoms with Crippen LogP contribution in [-0.4, -0.2) is 22.4 Å². The summed E-state index contributed by atoms with van der Waals surface area (Å²) in [5.41, 5.74) is 4.99. The Bertz CT molecular complexity index is 828. The lowest BCUT2D eigenvalue weighted by molar-refractivity contribution is -0.115. The van der Waals surface area contributed by atoms with Gasteiger partial charge >= 0.3 is 0 Å². The second-order valence-electron chi connectivity index (χ2n) is 6.62. The van der Waals surface area contributed by atoms with Gasteiger partial charge in [-0.1, -0.05) is 29.8 Å². The van der Waals surface area contributed by atoms with Gasteiger partial charge in [-0.25, -0.2) is 9.97 Å². The first-order valence-electron chi connectivity index (χ1n) is 8.96. The topological polar surface area (TPSA) is 66.9 Å². The summed E-state index contributed by atoms with van der Waals surface area (Å²) in [6, 6.07) is 7.78. The summed E-state index contributed by atoms with van der Waals surface area (Å²) in [4.78, 5) is 21.2. The van der Waals surface area contributed by atoms with Crippen molar-refractivity contribution in [2.24, 2.45) is 0 Å². The summed E-state index contributed by atoms with van der Waals surface area (Å²) in [6.45, 7) is 0.837. The predicted molar refractivity (Wildman–Crippen MR) is 99.5 cm³/mol. The number of rotatable bonds is 4. The van der Waals surface area contributed by atoms with Gasteiger partial charge in [-0.2, -0.15) is 0 Å². The molecule has 2 aliphatic rings. The Kier molecular flexibility index (Phi) is 4.46. The zero-order chi connectivity index (χ0) is 17.1. The van der Waals surface area contributed by atoms with Crippen molar-refractivity contribution >= 4 is 17.5 Å². The number of nitrogens with zero attached hydrogens (tertiary/aromatic N) is 2. The van der Waals surface area contributed by atoms with Crippen LogP contribution in [0.2, 0.25) is 0 Å². The van der Waals surface area contributed by atoms with Crippen LogP contribution in [0.4, 0.5) is 11.6 Å². The van der Waals surface area contributed by atoms with Crippen LogP contribution in [0.5, 0.6) is 0 Å². The van der Waals surface area contributed by atoms with Gasteiger partial charge in [0.05, 0.1) is 17.8 Å². The summed E-state index contributed by atoms with van der Waals surface area (Å²) in [5, 5.41) is 6.28. The summed E-state index contributed by atoms with van der Waals surface area (Å²) < 4.78 is 0. The Morgan fingerprint density at radius 2 is 2.12 bits per heavy atom. The number of hydrogen-bond acceptors (Lipinski definition) is 4. The van der Waals surface area contributed by atoms with Crippen LogP contribution in [-0.2, 0) is 11.2 Å². The van der Waals surface area contributed by atoms with Crippen molar-refractivity contribution in [1.82, 2.24) is 9.97 Å². The van der Waals surface area contributed by atoms with Crippen LogP contribution < -0.4 is 10.6 Å². The first-order chi connectivity index (χ1) is 12.3. The van der Waals surface area contributed by atoms with Crippen molar-refractivity contribution < 1.29 is 4.79 Å². The number of carbonyl (C=O) groups is 1. The first kappa shape index (κ1) is 15.8. The van der Waals surface area contributed by atoms with Gasteiger partial charge in [0, 0.05) is 23.9 Å². The first-order valence-corrected chi connectivity index (χ1v) is 8.96. The van der Waals surface area contributed by atoms with Crippen LogP contribution in [0.3, 0.4) is 0 Å². The molecule has 128 valence electrons. The molecule has 0 fully saturated rings. The van der Waals surface area contributed by atoms with E-state index in [9.17, 15) is 4.79 Å². The number of allylic oxidation sites excluding steroid dienone is 1. The molecule has 0 spiro atoms. The molecular formula is C20H22N4O. The van der Waals surface area contributed by atoms with E-state index in [1.54, 1.807) is 6.20 Å². The van der Waals surface area contributed by atoms with Gasteiger partial charge in [-0.05, 0) is 38.2 Å². The highest BCUT2D eigenvalue weighted by molar-refractivity contribution is 5.99. The zero-order valence-electron chi connectivity index (χ0n) is 14.2. The number of fused-ring (bicyclic) bond motifs is 3. The highest BCUT2D eigenvalue weighted by Gasteiger charge is 2.20. The molecule has 0 unspecified atom stereocenters. The number of carbonyl (C=O) groups excluding carboxylic acids is 1. The van der Waals surface area contributed by atoms with Crippen LogP contribution in [0, 0.1) is 0 Å². The van der Waals surface area contributed by atoms with Gasteiger partial charge in [0.1, 0.15) is 0 Å². The Balaban J connectivity index is 1.54. The molecule has 1 aromatic carbocycles. The highest BCUT2D eigenvalue weighted by atomic mass is 16.1. The van der Waals surface area contributed by atoms with Gasteiger partial charge in [-0.3, -0.25) is 4.79 Å². The summed E-state index contributed by atoms with van der Waals surface area (Å²) in [7, 11) is 0. The van der Waals surface area contributed by atoms with Gasteiger partial charge in [0.25, 0.3) is 0 Å². The molecule has 1 aliphatic carbocycles. The molecule has 1 aliphatic heterocycles. The molecule has 0 saturated carbocycles. The molecule has 2 N–H and O–H groups in total. The van der Waals surface area contributed by atoms with E-state index < -0.39 is 0 Å². The van der Waals surface area contributed by atoms with Crippen LogP contribution >= 0.6 is 0 Å². The molecule has 1 amide bonds. The molecule has 25 heavy (non-hydrogen) atoms. The molecule has 0 atom stereocenters. The van der Waals surface area contributed by atoms with E-state index in [1.165, 1.54) is 31.3 Å². The van der Waals surface area contributed by atoms with E-state index in [2.05, 4.69) is 21.7 Å². The second-order valence-corrected chi connectivity index (χ2v) is 6.62. The van der Waals surface area contributed by atoms with Crippen molar-refractivity contribution in [3.63, 3.8) is 0 Å². The maximum absolute atomic E-state index is 12.1. The molecule has 0 bridgehead atoms. The summed E-state index contributed by atoms with van der Waals surface area (Å²) >= 11 is 0. The highest BCUT2D eigenvalue weighted by Crippen LogP contribution is 2.32. The van der Waals surface area contributed by atoms with E-state index in [1.807, 2.05) is 24.3 Å². The minimum absolute atomic E-state index is 0.0280. The van der Waals surface area contributed by atoms with Crippen molar-refractivity contribution in [1.29, 1.82) is 0 Å². The van der Waals surface area contributed by atoms with E-state index in [0.29, 0.717) is 12.4 Å². The van der Waals surface area contributed by atoms with Crippen molar-refractivity contribution in [2.45, 2.75) is 38.5 Å². The van der Waals surface area contributed by atoms with Crippen molar-refractivity contribution in [3.05, 3.63) is 47.7 Å². The molecule has 4 rings (SSSR count). The van der Waals surface area contributed by atoms with E-state index >= 15 is 0 Å². The molecule has 5 heteroatoms. The maximum atomic E-state index is 12.1. The lowest BCUT2D eigenvalue weighted by atomic mass is 9.97.